The fourth-order valence-electron chi connectivity index (χ4n) is 1.89. The van der Waals surface area contributed by atoms with Gasteiger partial charge < -0.3 is 20.3 Å². The third-order valence-corrected chi connectivity index (χ3v) is 3.08. The predicted molar refractivity (Wildman–Crippen MR) is 78.8 cm³/mol. The zero-order chi connectivity index (χ0) is 15.2. The second kappa shape index (κ2) is 6.76. The Morgan fingerprint density at radius 1 is 1.10 bits per heavy atom. The summed E-state index contributed by atoms with van der Waals surface area (Å²) in [5.41, 5.74) is 0.912. The van der Waals surface area contributed by atoms with Crippen molar-refractivity contribution in [1.82, 2.24) is 5.32 Å². The van der Waals surface area contributed by atoms with Gasteiger partial charge in [-0.3, -0.25) is 4.79 Å². The Kier molecular flexibility index (Phi) is 4.79. The topological polar surface area (TPSA) is 78.8 Å². The Morgan fingerprint density at radius 2 is 1.62 bits per heavy atom. The number of carboxylic acid groups (broad SMARTS) is 1. The molecule has 1 unspecified atom stereocenters. The molecule has 2 aromatic rings. The van der Waals surface area contributed by atoms with E-state index in [2.05, 4.69) is 5.32 Å². The van der Waals surface area contributed by atoms with E-state index in [1.165, 1.54) is 0 Å². The van der Waals surface area contributed by atoms with Gasteiger partial charge in [-0.25, -0.2) is 0 Å². The van der Waals surface area contributed by atoms with Gasteiger partial charge in [0.1, 0.15) is 23.3 Å². The highest BCUT2D eigenvalue weighted by atomic mass is 16.5. The van der Waals surface area contributed by atoms with E-state index in [1.807, 2.05) is 12.1 Å². The molecule has 3 N–H and O–H groups in total. The molecule has 2 rings (SSSR count). The van der Waals surface area contributed by atoms with Crippen LogP contribution in [0, 0.1) is 0 Å². The largest absolute Gasteiger partial charge is 0.508 e. The van der Waals surface area contributed by atoms with Crippen molar-refractivity contribution in [2.45, 2.75) is 12.5 Å². The molecule has 0 radical (unpaired) electrons. The van der Waals surface area contributed by atoms with E-state index in [0.29, 0.717) is 17.9 Å². The number of phenolic OH excluding ortho intramolecular Hbond substituents is 1. The minimum Gasteiger partial charge on any atom is -0.508 e. The number of nitrogens with one attached hydrogen (secondary N) is 1. The van der Waals surface area contributed by atoms with E-state index < -0.39 is 12.0 Å². The minimum absolute atomic E-state index is 0.185. The summed E-state index contributed by atoms with van der Waals surface area (Å²) in [6, 6.07) is 13.1. The average Bonchev–Trinajstić information content (AvgIpc) is 2.48. The van der Waals surface area contributed by atoms with Gasteiger partial charge in [-0.15, -0.1) is 0 Å². The fraction of sp³-hybridized carbons (Fsp3) is 0.188. The maximum absolute atomic E-state index is 11.0. The van der Waals surface area contributed by atoms with Gasteiger partial charge in [0.05, 0.1) is 0 Å². The second-order valence-electron chi connectivity index (χ2n) is 4.62. The number of hydrogen-bond acceptors (Lipinski definition) is 4. The molecule has 0 heterocycles. The molecule has 110 valence electrons. The second-order valence-corrected chi connectivity index (χ2v) is 4.62. The van der Waals surface area contributed by atoms with Crippen LogP contribution in [0.4, 0.5) is 0 Å². The SMILES string of the molecule is CNC(Cc1ccc(Oc2ccc(O)cc2)cc1)C(=O)O. The molecule has 21 heavy (non-hydrogen) atoms. The summed E-state index contributed by atoms with van der Waals surface area (Å²) < 4.78 is 5.62. The lowest BCUT2D eigenvalue weighted by atomic mass is 10.1. The number of carbonyl (C=O) groups is 1. The average molecular weight is 287 g/mol. The molecule has 0 aromatic heterocycles. The molecule has 0 aliphatic heterocycles. The van der Waals surface area contributed by atoms with Crippen LogP contribution >= 0.6 is 0 Å². The monoisotopic (exact) mass is 287 g/mol. The van der Waals surface area contributed by atoms with Gasteiger partial charge in [0.2, 0.25) is 0 Å². The maximum Gasteiger partial charge on any atom is 0.321 e. The van der Waals surface area contributed by atoms with E-state index in [9.17, 15) is 9.90 Å². The van der Waals surface area contributed by atoms with Crippen molar-refractivity contribution in [2.75, 3.05) is 7.05 Å². The fourth-order valence-corrected chi connectivity index (χ4v) is 1.89. The number of rotatable bonds is 6. The standard InChI is InChI=1S/C16H17NO4/c1-17-15(16(19)20)10-11-2-6-13(7-3-11)21-14-8-4-12(18)5-9-14/h2-9,15,17-18H,10H2,1H3,(H,19,20). The number of aromatic hydroxyl groups is 1. The molecule has 0 saturated heterocycles. The summed E-state index contributed by atoms with van der Waals surface area (Å²) in [5.74, 6) is 0.589. The van der Waals surface area contributed by atoms with Gasteiger partial charge in [-0.05, 0) is 55.4 Å². The predicted octanol–water partition coefficient (Wildman–Crippen LogP) is 2.40. The lowest BCUT2D eigenvalue weighted by Crippen LogP contribution is -2.35. The van der Waals surface area contributed by atoms with E-state index in [-0.39, 0.29) is 5.75 Å². The zero-order valence-corrected chi connectivity index (χ0v) is 11.6. The first-order valence-corrected chi connectivity index (χ1v) is 6.54. The van der Waals surface area contributed by atoms with Crippen LogP contribution in [0.5, 0.6) is 17.2 Å². The van der Waals surface area contributed by atoms with Crippen LogP contribution in [0.2, 0.25) is 0 Å². The molecule has 0 aliphatic carbocycles. The number of carboxylic acids is 1. The Hall–Kier alpha value is -2.53. The smallest absolute Gasteiger partial charge is 0.321 e. The molecular formula is C16H17NO4. The van der Waals surface area contributed by atoms with E-state index >= 15 is 0 Å². The summed E-state index contributed by atoms with van der Waals surface area (Å²) in [6.07, 6.45) is 0.408. The van der Waals surface area contributed by atoms with Gasteiger partial charge in [-0.1, -0.05) is 12.1 Å². The summed E-state index contributed by atoms with van der Waals surface area (Å²) in [4.78, 5) is 11.0. The van der Waals surface area contributed by atoms with E-state index in [4.69, 9.17) is 9.84 Å². The van der Waals surface area contributed by atoms with Crippen LogP contribution in [-0.4, -0.2) is 29.3 Å². The van der Waals surface area contributed by atoms with Crippen molar-refractivity contribution in [3.8, 4) is 17.2 Å². The Morgan fingerprint density at radius 3 is 2.10 bits per heavy atom. The Balaban J connectivity index is 2.01. The van der Waals surface area contributed by atoms with Crippen LogP contribution < -0.4 is 10.1 Å². The first-order chi connectivity index (χ1) is 10.1. The molecule has 0 spiro atoms. The van der Waals surface area contributed by atoms with Gasteiger partial charge in [0, 0.05) is 0 Å². The van der Waals surface area contributed by atoms with Crippen molar-refractivity contribution in [3.63, 3.8) is 0 Å². The highest BCUT2D eigenvalue weighted by Crippen LogP contribution is 2.23. The highest BCUT2D eigenvalue weighted by molar-refractivity contribution is 5.73. The van der Waals surface area contributed by atoms with Gasteiger partial charge >= 0.3 is 5.97 Å². The lowest BCUT2D eigenvalue weighted by Gasteiger charge is -2.11. The van der Waals surface area contributed by atoms with Crippen LogP contribution in [-0.2, 0) is 11.2 Å². The lowest BCUT2D eigenvalue weighted by molar-refractivity contribution is -0.139. The Bertz CT molecular complexity index is 593. The number of benzene rings is 2. The number of aliphatic carboxylic acids is 1. The molecule has 5 heteroatoms. The van der Waals surface area contributed by atoms with Gasteiger partial charge in [-0.2, -0.15) is 0 Å². The van der Waals surface area contributed by atoms with Crippen molar-refractivity contribution < 1.29 is 19.7 Å². The summed E-state index contributed by atoms with van der Waals surface area (Å²) in [5, 5.41) is 21.0. The first kappa shape index (κ1) is 14.9. The van der Waals surface area contributed by atoms with Crippen molar-refractivity contribution in [1.29, 1.82) is 0 Å². The third kappa shape index (κ3) is 4.22. The molecule has 1 atom stereocenters. The molecule has 2 aromatic carbocycles. The number of hydrogen-bond donors (Lipinski definition) is 3. The van der Waals surface area contributed by atoms with Crippen LogP contribution in [0.15, 0.2) is 48.5 Å². The molecule has 0 bridgehead atoms. The van der Waals surface area contributed by atoms with Crippen LogP contribution in [0.3, 0.4) is 0 Å². The molecule has 0 fully saturated rings. The van der Waals surface area contributed by atoms with Gasteiger partial charge in [0.15, 0.2) is 0 Å². The van der Waals surface area contributed by atoms with Crippen molar-refractivity contribution >= 4 is 5.97 Å². The minimum atomic E-state index is -0.873. The number of likely N-dealkylation sites (N-methyl/N-ethyl adjacent to an activating group) is 1. The van der Waals surface area contributed by atoms with Gasteiger partial charge in [0.25, 0.3) is 0 Å². The molecule has 5 nitrogen and oxygen atoms in total. The third-order valence-electron chi connectivity index (χ3n) is 3.08. The zero-order valence-electron chi connectivity index (χ0n) is 11.6. The first-order valence-electron chi connectivity index (χ1n) is 6.54. The van der Waals surface area contributed by atoms with Crippen molar-refractivity contribution in [2.24, 2.45) is 0 Å². The number of ether oxygens (including phenoxy) is 1. The molecule has 0 aliphatic rings. The van der Waals surface area contributed by atoms with E-state index in [0.717, 1.165) is 5.56 Å². The highest BCUT2D eigenvalue weighted by Gasteiger charge is 2.15. The Labute approximate surface area is 122 Å². The maximum atomic E-state index is 11.0. The summed E-state index contributed by atoms with van der Waals surface area (Å²) >= 11 is 0. The van der Waals surface area contributed by atoms with Crippen LogP contribution in [0.25, 0.3) is 0 Å². The molecular weight excluding hydrogens is 270 g/mol. The summed E-state index contributed by atoms with van der Waals surface area (Å²) in [7, 11) is 1.63. The quantitative estimate of drug-likeness (QED) is 0.760. The molecule has 0 amide bonds. The van der Waals surface area contributed by atoms with Crippen molar-refractivity contribution in [3.05, 3.63) is 54.1 Å². The summed E-state index contributed by atoms with van der Waals surface area (Å²) in [6.45, 7) is 0. The number of phenols is 1. The normalized spacial score (nSPS) is 11.9. The van der Waals surface area contributed by atoms with E-state index in [1.54, 1.807) is 43.4 Å². The molecule has 0 saturated carbocycles. The van der Waals surface area contributed by atoms with Crippen LogP contribution in [0.1, 0.15) is 5.56 Å².